The fourth-order valence-electron chi connectivity index (χ4n) is 3.58. The number of carbonyl (C=O) groups is 2. The van der Waals surface area contributed by atoms with Gasteiger partial charge < -0.3 is 14.6 Å². The van der Waals surface area contributed by atoms with Crippen LogP contribution in [0.15, 0.2) is 31.7 Å². The molecular weight excluding hydrogens is 446 g/mol. The zero-order valence-corrected chi connectivity index (χ0v) is 20.5. The molecule has 0 spiro atoms. The molecule has 0 saturated heterocycles. The maximum atomic E-state index is 12.7. The average molecular weight is 476 g/mol. The van der Waals surface area contributed by atoms with E-state index < -0.39 is 11.6 Å². The molecule has 1 fully saturated rings. The van der Waals surface area contributed by atoms with Crippen LogP contribution in [-0.4, -0.2) is 29.3 Å². The second-order valence-electron chi connectivity index (χ2n) is 9.09. The third-order valence-corrected chi connectivity index (χ3v) is 8.44. The fraction of sp³-hybridized carbons (Fsp3) is 0.542. The van der Waals surface area contributed by atoms with Gasteiger partial charge >= 0.3 is 11.9 Å². The summed E-state index contributed by atoms with van der Waals surface area (Å²) in [5.74, 6) is 0.103. The Morgan fingerprint density at radius 1 is 1.19 bits per heavy atom. The molecule has 1 N–H and O–H groups in total. The Kier molecular flexibility index (Phi) is 7.97. The number of rotatable bonds is 6. The molecule has 1 aromatic carbocycles. The van der Waals surface area contributed by atoms with Gasteiger partial charge in [-0.2, -0.15) is 5.26 Å². The van der Waals surface area contributed by atoms with Gasteiger partial charge in [-0.3, -0.25) is 4.79 Å². The zero-order chi connectivity index (χ0) is 23.5. The lowest BCUT2D eigenvalue weighted by Gasteiger charge is -2.24. The first-order chi connectivity index (χ1) is 15.1. The molecule has 0 atom stereocenters. The van der Waals surface area contributed by atoms with Gasteiger partial charge in [0.15, 0.2) is 5.57 Å². The largest absolute Gasteiger partial charge is 0.461 e. The summed E-state index contributed by atoms with van der Waals surface area (Å²) in [6.45, 7) is 7.42. The van der Waals surface area contributed by atoms with Crippen molar-refractivity contribution in [3.63, 3.8) is 0 Å². The highest BCUT2D eigenvalue weighted by molar-refractivity contribution is 8.24. The van der Waals surface area contributed by atoms with E-state index in [9.17, 15) is 20.0 Å². The van der Waals surface area contributed by atoms with Crippen LogP contribution in [0.4, 0.5) is 0 Å². The predicted molar refractivity (Wildman–Crippen MR) is 124 cm³/mol. The number of hydrogen-bond donors (Lipinski definition) is 1. The zero-order valence-electron chi connectivity index (χ0n) is 18.9. The topological polar surface area (TPSA) is 96.6 Å². The Bertz CT molecular complexity index is 966. The minimum atomic E-state index is -0.959. The third-order valence-electron chi connectivity index (χ3n) is 5.69. The van der Waals surface area contributed by atoms with Crippen molar-refractivity contribution in [2.75, 3.05) is 6.61 Å². The maximum absolute atomic E-state index is 12.7. The summed E-state index contributed by atoms with van der Waals surface area (Å²) in [5.41, 5.74) is -0.0593. The predicted octanol–water partition coefficient (Wildman–Crippen LogP) is 5.36. The van der Waals surface area contributed by atoms with Crippen LogP contribution in [-0.2, 0) is 14.3 Å². The molecule has 0 unspecified atom stereocenters. The molecule has 8 heteroatoms. The van der Waals surface area contributed by atoms with Crippen LogP contribution in [0, 0.1) is 30.1 Å². The second kappa shape index (κ2) is 10.3. The van der Waals surface area contributed by atoms with Gasteiger partial charge in [0.05, 0.1) is 27.3 Å². The van der Waals surface area contributed by atoms with E-state index in [0.29, 0.717) is 15.9 Å². The minimum Gasteiger partial charge on any atom is -0.461 e. The van der Waals surface area contributed by atoms with Crippen LogP contribution in [0.25, 0.3) is 0 Å². The van der Waals surface area contributed by atoms with Gasteiger partial charge in [0.1, 0.15) is 11.8 Å². The van der Waals surface area contributed by atoms with Crippen LogP contribution in [0.5, 0.6) is 5.75 Å². The van der Waals surface area contributed by atoms with Crippen LogP contribution in [0.3, 0.4) is 0 Å². The molecule has 0 radical (unpaired) electrons. The third kappa shape index (κ3) is 6.09. The van der Waals surface area contributed by atoms with Gasteiger partial charge in [0, 0.05) is 11.3 Å². The number of esters is 2. The number of aliphatic hydroxyl groups is 1. The molecule has 1 aromatic rings. The molecule has 1 heterocycles. The van der Waals surface area contributed by atoms with Crippen molar-refractivity contribution in [1.82, 2.24) is 0 Å². The van der Waals surface area contributed by atoms with Gasteiger partial charge in [0.2, 0.25) is 0 Å². The van der Waals surface area contributed by atoms with Crippen molar-refractivity contribution in [2.45, 2.75) is 75.2 Å². The molecular formula is C24H29NO5S2. The van der Waals surface area contributed by atoms with Gasteiger partial charge in [-0.1, -0.05) is 36.5 Å². The summed E-state index contributed by atoms with van der Waals surface area (Å²) in [5, 5.41) is 19.4. The Morgan fingerprint density at radius 3 is 2.47 bits per heavy atom. The molecule has 0 aromatic heterocycles. The Hall–Kier alpha value is -1.95. The van der Waals surface area contributed by atoms with Gasteiger partial charge in [-0.05, 0) is 64.0 Å². The van der Waals surface area contributed by atoms with Gasteiger partial charge in [-0.25, -0.2) is 4.79 Å². The van der Waals surface area contributed by atoms with E-state index in [1.165, 1.54) is 23.5 Å². The molecule has 172 valence electrons. The molecule has 6 nitrogen and oxygen atoms in total. The average Bonchev–Trinajstić information content (AvgIpc) is 3.16. The standard InChI is InChI=1S/C24H29NO5S2/c1-14-5-8-16(9-6-14)21(26)30-18-10-7-15(2)19-20(18)32-23(31-19)17(13-25)22(27)29-12-11-24(3,4)28/h7,10,14,16,28H,5-6,8-9,11-12H2,1-4H3/b23-17+. The molecule has 0 bridgehead atoms. The smallest absolute Gasteiger partial charge is 0.350 e. The lowest BCUT2D eigenvalue weighted by Crippen LogP contribution is -2.25. The summed E-state index contributed by atoms with van der Waals surface area (Å²) in [7, 11) is 0. The highest BCUT2D eigenvalue weighted by Crippen LogP contribution is 2.57. The number of nitrogens with zero attached hydrogens (tertiary/aromatic N) is 1. The van der Waals surface area contributed by atoms with Crippen molar-refractivity contribution in [2.24, 2.45) is 11.8 Å². The van der Waals surface area contributed by atoms with Crippen molar-refractivity contribution in [3.8, 4) is 11.8 Å². The first-order valence-electron chi connectivity index (χ1n) is 10.8. The molecule has 1 aliphatic heterocycles. The first kappa shape index (κ1) is 24.7. The van der Waals surface area contributed by atoms with Crippen molar-refractivity contribution >= 4 is 35.5 Å². The number of ether oxygens (including phenoxy) is 2. The van der Waals surface area contributed by atoms with Crippen LogP contribution < -0.4 is 4.74 Å². The summed E-state index contributed by atoms with van der Waals surface area (Å²) < 4.78 is 11.5. The quantitative estimate of drug-likeness (QED) is 0.254. The molecule has 3 rings (SSSR count). The van der Waals surface area contributed by atoms with Gasteiger partial charge in [0.25, 0.3) is 0 Å². The molecule has 1 aliphatic carbocycles. The minimum absolute atomic E-state index is 0.0188. The van der Waals surface area contributed by atoms with E-state index in [2.05, 4.69) is 6.92 Å². The number of aryl methyl sites for hydroxylation is 1. The summed E-state index contributed by atoms with van der Waals surface area (Å²) in [6.07, 6.45) is 4.02. The number of nitriles is 1. The van der Waals surface area contributed by atoms with E-state index in [1.54, 1.807) is 19.9 Å². The molecule has 2 aliphatic rings. The van der Waals surface area contributed by atoms with Crippen molar-refractivity contribution < 1.29 is 24.2 Å². The Labute approximate surface area is 197 Å². The normalized spacial score (nSPS) is 22.0. The lowest BCUT2D eigenvalue weighted by atomic mass is 9.83. The number of thioether (sulfide) groups is 2. The highest BCUT2D eigenvalue weighted by atomic mass is 32.2. The van der Waals surface area contributed by atoms with Gasteiger partial charge in [-0.15, -0.1) is 0 Å². The van der Waals surface area contributed by atoms with Crippen molar-refractivity contribution in [1.29, 1.82) is 5.26 Å². The first-order valence-corrected chi connectivity index (χ1v) is 12.5. The highest BCUT2D eigenvalue weighted by Gasteiger charge is 2.32. The lowest BCUT2D eigenvalue weighted by molar-refractivity contribution is -0.141. The monoisotopic (exact) mass is 475 g/mol. The van der Waals surface area contributed by atoms with E-state index in [4.69, 9.17) is 9.47 Å². The van der Waals surface area contributed by atoms with Crippen LogP contribution >= 0.6 is 23.5 Å². The Balaban J connectivity index is 1.76. The SMILES string of the molecule is Cc1ccc(OC(=O)C2CCC(C)CC2)c2c1S/C(=C(/C#N)C(=O)OCCC(C)(C)O)S2. The summed E-state index contributed by atoms with van der Waals surface area (Å²) in [4.78, 5) is 26.9. The number of carbonyl (C=O) groups excluding carboxylic acids is 2. The Morgan fingerprint density at radius 2 is 1.84 bits per heavy atom. The number of fused-ring (bicyclic) bond motifs is 1. The van der Waals surface area contributed by atoms with Crippen LogP contribution in [0.1, 0.15) is 58.4 Å². The van der Waals surface area contributed by atoms with E-state index in [1.807, 2.05) is 19.1 Å². The number of benzene rings is 1. The molecule has 32 heavy (non-hydrogen) atoms. The van der Waals surface area contributed by atoms with Crippen LogP contribution in [0.2, 0.25) is 0 Å². The van der Waals surface area contributed by atoms with Crippen molar-refractivity contribution in [3.05, 3.63) is 27.5 Å². The summed E-state index contributed by atoms with van der Waals surface area (Å²) >= 11 is 2.58. The van der Waals surface area contributed by atoms with E-state index in [0.717, 1.165) is 41.0 Å². The second-order valence-corrected chi connectivity index (χ2v) is 11.4. The summed E-state index contributed by atoms with van der Waals surface area (Å²) in [6, 6.07) is 5.62. The van der Waals surface area contributed by atoms with E-state index >= 15 is 0 Å². The maximum Gasteiger partial charge on any atom is 0.350 e. The molecule has 1 saturated carbocycles. The van der Waals surface area contributed by atoms with E-state index in [-0.39, 0.29) is 30.5 Å². The molecule has 0 amide bonds. The number of hydrogen-bond acceptors (Lipinski definition) is 8. The fourth-order valence-corrected chi connectivity index (χ4v) is 6.22.